The van der Waals surface area contributed by atoms with Crippen molar-refractivity contribution < 1.29 is 32.4 Å². The van der Waals surface area contributed by atoms with Gasteiger partial charge in [0.1, 0.15) is 0 Å². The number of carbonyl (C=O) groups excluding carboxylic acids is 1. The fourth-order valence-corrected chi connectivity index (χ4v) is 1.66. The molecule has 19 heavy (non-hydrogen) atoms. The third kappa shape index (κ3) is 5.92. The molecule has 1 rings (SSSR count). The van der Waals surface area contributed by atoms with Crippen molar-refractivity contribution in [2.45, 2.75) is 4.90 Å². The molecule has 0 saturated heterocycles. The van der Waals surface area contributed by atoms with Crippen LogP contribution in [0.2, 0.25) is 0 Å². The summed E-state index contributed by atoms with van der Waals surface area (Å²) in [5, 5.41) is 8.73. The second-order valence-corrected chi connectivity index (χ2v) is 4.44. The SMILES string of the molecule is COC(=O)c1cc(C(=O)O)cc(S(=O)(=O)O)c1.[NaH].[NaH]. The zero-order chi connectivity index (χ0) is 13.2. The number of ether oxygens (including phenoxy) is 1. The average molecular weight is 308 g/mol. The summed E-state index contributed by atoms with van der Waals surface area (Å²) < 4.78 is 34.9. The first-order valence-electron chi connectivity index (χ1n) is 4.20. The van der Waals surface area contributed by atoms with E-state index >= 15 is 0 Å². The van der Waals surface area contributed by atoms with E-state index in [9.17, 15) is 18.0 Å². The fraction of sp³-hybridized carbons (Fsp3) is 0.111. The molecule has 7 nitrogen and oxygen atoms in total. The number of hydrogen-bond acceptors (Lipinski definition) is 5. The molecule has 0 unspecified atom stereocenters. The molecule has 0 saturated carbocycles. The minimum atomic E-state index is -4.59. The van der Waals surface area contributed by atoms with Crippen LogP contribution in [0.3, 0.4) is 0 Å². The topological polar surface area (TPSA) is 118 Å². The van der Waals surface area contributed by atoms with Gasteiger partial charge in [-0.15, -0.1) is 0 Å². The molecule has 2 N–H and O–H groups in total. The van der Waals surface area contributed by atoms with E-state index in [0.717, 1.165) is 25.3 Å². The van der Waals surface area contributed by atoms with E-state index in [2.05, 4.69) is 4.74 Å². The van der Waals surface area contributed by atoms with E-state index in [1.165, 1.54) is 0 Å². The minimum absolute atomic E-state index is 0. The molecular weight excluding hydrogens is 298 g/mol. The summed E-state index contributed by atoms with van der Waals surface area (Å²) in [6.07, 6.45) is 0. The molecule has 0 heterocycles. The van der Waals surface area contributed by atoms with Gasteiger partial charge >= 0.3 is 71.1 Å². The Kier molecular flexibility index (Phi) is 9.42. The molecule has 0 bridgehead atoms. The number of methoxy groups -OCH3 is 1. The van der Waals surface area contributed by atoms with Crippen molar-refractivity contribution >= 4 is 81.2 Å². The predicted octanol–water partition coefficient (Wildman–Crippen LogP) is -0.879. The predicted molar refractivity (Wildman–Crippen MR) is 68.9 cm³/mol. The van der Waals surface area contributed by atoms with Gasteiger partial charge in [0, 0.05) is 0 Å². The van der Waals surface area contributed by atoms with E-state index < -0.39 is 32.5 Å². The maximum atomic E-state index is 11.2. The normalized spacial score (nSPS) is 9.79. The second-order valence-electron chi connectivity index (χ2n) is 3.02. The molecule has 0 radical (unpaired) electrons. The summed E-state index contributed by atoms with van der Waals surface area (Å²) in [6.45, 7) is 0. The standard InChI is InChI=1S/C9H8O7S.2Na.2H/c1-16-9(12)6-2-5(8(10)11)3-7(4-6)17(13,14)15;;;;/h2-4H,1H3,(H,10,11)(H,13,14,15);;;;. The Hall–Kier alpha value is 0.0700. The van der Waals surface area contributed by atoms with E-state index in [1.807, 2.05) is 0 Å². The van der Waals surface area contributed by atoms with E-state index in [-0.39, 0.29) is 64.7 Å². The number of carboxylic acids is 1. The molecule has 0 spiro atoms. The van der Waals surface area contributed by atoms with E-state index in [0.29, 0.717) is 0 Å². The Morgan fingerprint density at radius 3 is 1.95 bits per heavy atom. The van der Waals surface area contributed by atoms with Gasteiger partial charge < -0.3 is 9.84 Å². The molecule has 0 fully saturated rings. The molecule has 0 aliphatic heterocycles. The average Bonchev–Trinajstić information content (AvgIpc) is 2.26. The van der Waals surface area contributed by atoms with Crippen LogP contribution in [0, 0.1) is 0 Å². The van der Waals surface area contributed by atoms with Crippen molar-refractivity contribution in [2.24, 2.45) is 0 Å². The number of rotatable bonds is 3. The number of carboxylic acid groups (broad SMARTS) is 1. The molecule has 96 valence electrons. The summed E-state index contributed by atoms with van der Waals surface area (Å²) in [4.78, 5) is 21.2. The third-order valence-electron chi connectivity index (χ3n) is 1.87. The van der Waals surface area contributed by atoms with Gasteiger partial charge in [0.25, 0.3) is 10.1 Å². The number of esters is 1. The molecule has 0 aliphatic carbocycles. The van der Waals surface area contributed by atoms with Gasteiger partial charge in [-0.3, -0.25) is 4.55 Å². The molecule has 0 aliphatic rings. The van der Waals surface area contributed by atoms with Crippen molar-refractivity contribution in [1.82, 2.24) is 0 Å². The zero-order valence-electron chi connectivity index (χ0n) is 8.58. The van der Waals surface area contributed by atoms with Crippen LogP contribution in [0.25, 0.3) is 0 Å². The van der Waals surface area contributed by atoms with Crippen LogP contribution in [0.4, 0.5) is 0 Å². The molecule has 0 atom stereocenters. The Bertz CT molecular complexity index is 582. The molecule has 0 amide bonds. The van der Waals surface area contributed by atoms with Crippen molar-refractivity contribution in [1.29, 1.82) is 0 Å². The van der Waals surface area contributed by atoms with Gasteiger partial charge in [0.05, 0.1) is 23.1 Å². The molecule has 1 aromatic carbocycles. The quantitative estimate of drug-likeness (QED) is 0.423. The van der Waals surface area contributed by atoms with Crippen LogP contribution >= 0.6 is 0 Å². The van der Waals surface area contributed by atoms with Gasteiger partial charge in [-0.25, -0.2) is 9.59 Å². The van der Waals surface area contributed by atoms with Crippen LogP contribution < -0.4 is 0 Å². The van der Waals surface area contributed by atoms with E-state index in [4.69, 9.17) is 9.66 Å². The zero-order valence-corrected chi connectivity index (χ0v) is 9.39. The first-order valence-corrected chi connectivity index (χ1v) is 5.64. The number of benzene rings is 1. The van der Waals surface area contributed by atoms with Gasteiger partial charge in [-0.1, -0.05) is 0 Å². The first kappa shape index (κ1) is 21.4. The van der Waals surface area contributed by atoms with Crippen molar-refractivity contribution in [3.63, 3.8) is 0 Å². The second kappa shape index (κ2) is 8.38. The molecule has 10 heteroatoms. The number of aromatic carboxylic acids is 1. The molecule has 1 aromatic rings. The van der Waals surface area contributed by atoms with E-state index in [1.54, 1.807) is 0 Å². The first-order chi connectivity index (χ1) is 7.75. The summed E-state index contributed by atoms with van der Waals surface area (Å²) in [7, 11) is -3.54. The van der Waals surface area contributed by atoms with Crippen LogP contribution in [0.1, 0.15) is 20.7 Å². The Labute approximate surface area is 153 Å². The fourth-order valence-electron chi connectivity index (χ4n) is 1.11. The monoisotopic (exact) mass is 308 g/mol. The van der Waals surface area contributed by atoms with Crippen LogP contribution in [0.15, 0.2) is 23.1 Å². The van der Waals surface area contributed by atoms with Gasteiger partial charge in [0.2, 0.25) is 0 Å². The van der Waals surface area contributed by atoms with Crippen LogP contribution in [-0.2, 0) is 14.9 Å². The van der Waals surface area contributed by atoms with Crippen LogP contribution in [0.5, 0.6) is 0 Å². The number of carbonyl (C=O) groups is 2. The Morgan fingerprint density at radius 1 is 1.11 bits per heavy atom. The van der Waals surface area contributed by atoms with Crippen molar-refractivity contribution in [2.75, 3.05) is 7.11 Å². The summed E-state index contributed by atoms with van der Waals surface area (Å²) in [5.41, 5.74) is -0.722. The summed E-state index contributed by atoms with van der Waals surface area (Å²) in [5.74, 6) is -2.33. The molecule has 0 aromatic heterocycles. The van der Waals surface area contributed by atoms with Crippen LogP contribution in [-0.4, -0.2) is 96.2 Å². The van der Waals surface area contributed by atoms with Crippen molar-refractivity contribution in [3.05, 3.63) is 29.3 Å². The Balaban J connectivity index is 0. The van der Waals surface area contributed by atoms with Gasteiger partial charge in [-0.05, 0) is 18.2 Å². The third-order valence-corrected chi connectivity index (χ3v) is 2.70. The summed E-state index contributed by atoms with van der Waals surface area (Å²) >= 11 is 0. The summed E-state index contributed by atoms with van der Waals surface area (Å²) in [6, 6.07) is 2.51. The molecular formula is C9H10Na2O7S. The van der Waals surface area contributed by atoms with Gasteiger partial charge in [-0.2, -0.15) is 8.42 Å². The van der Waals surface area contributed by atoms with Gasteiger partial charge in [0.15, 0.2) is 0 Å². The maximum absolute atomic E-state index is 11.2. The number of hydrogen-bond donors (Lipinski definition) is 2. The van der Waals surface area contributed by atoms with Crippen molar-refractivity contribution in [3.8, 4) is 0 Å². The Morgan fingerprint density at radius 2 is 1.58 bits per heavy atom.